The highest BCUT2D eigenvalue weighted by molar-refractivity contribution is 7.99. The fourth-order valence-electron chi connectivity index (χ4n) is 0.739. The van der Waals surface area contributed by atoms with Crippen molar-refractivity contribution in [2.75, 3.05) is 5.75 Å². The third-order valence-electron chi connectivity index (χ3n) is 1.25. The van der Waals surface area contributed by atoms with Crippen LogP contribution in [0, 0.1) is 0 Å². The van der Waals surface area contributed by atoms with E-state index >= 15 is 0 Å². The van der Waals surface area contributed by atoms with Crippen molar-refractivity contribution < 1.29 is 0 Å². The molecule has 0 spiro atoms. The Kier molecular flexibility index (Phi) is 4.46. The van der Waals surface area contributed by atoms with Crippen molar-refractivity contribution in [2.24, 2.45) is 0 Å². The van der Waals surface area contributed by atoms with Gasteiger partial charge in [0.1, 0.15) is 0 Å². The van der Waals surface area contributed by atoms with Crippen molar-refractivity contribution in [3.63, 3.8) is 0 Å². The molecule has 1 nitrogen and oxygen atoms in total. The number of hydrogen-bond acceptors (Lipinski definition) is 2. The first-order valence-electron chi connectivity index (χ1n) is 3.40. The highest BCUT2D eigenvalue weighted by Gasteiger charge is 2.14. The molecule has 0 N–H and O–H groups in total. The largest absolute Gasteiger partial charge is 0.221 e. The topological polar surface area (TPSA) is 12.9 Å². The van der Waals surface area contributed by atoms with Crippen LogP contribution < -0.4 is 0 Å². The number of thioether (sulfide) groups is 1. The van der Waals surface area contributed by atoms with Crippen molar-refractivity contribution in [3.05, 3.63) is 20.4 Å². The second-order valence-corrected chi connectivity index (χ2v) is 4.83. The first-order chi connectivity index (χ1) is 6.07. The van der Waals surface area contributed by atoms with E-state index < -0.39 is 0 Å². The van der Waals surface area contributed by atoms with Gasteiger partial charge in [-0.1, -0.05) is 53.3 Å². The van der Waals surface area contributed by atoms with Gasteiger partial charge in [-0.25, -0.2) is 4.98 Å². The summed E-state index contributed by atoms with van der Waals surface area (Å²) in [5.74, 6) is 0.843. The van der Waals surface area contributed by atoms with Gasteiger partial charge in [0.2, 0.25) is 0 Å². The van der Waals surface area contributed by atoms with E-state index in [-0.39, 0.29) is 10.3 Å². The first kappa shape index (κ1) is 11.7. The lowest BCUT2D eigenvalue weighted by molar-refractivity contribution is 1.26. The smallest absolute Gasteiger partial charge is 0.150 e. The summed E-state index contributed by atoms with van der Waals surface area (Å²) in [6, 6.07) is 0. The molecular formula is C7H5Cl4NS. The minimum Gasteiger partial charge on any atom is -0.221 e. The first-order valence-corrected chi connectivity index (χ1v) is 5.90. The molecule has 0 amide bonds. The van der Waals surface area contributed by atoms with Gasteiger partial charge in [0.25, 0.3) is 0 Å². The molecule has 0 atom stereocenters. The predicted molar refractivity (Wildman–Crippen MR) is 60.7 cm³/mol. The molecule has 0 fully saturated rings. The van der Waals surface area contributed by atoms with Crippen molar-refractivity contribution in [3.8, 4) is 0 Å². The number of nitrogens with zero attached hydrogens (tertiary/aromatic N) is 1. The molecule has 6 heteroatoms. The molecule has 0 aliphatic carbocycles. The molecule has 0 saturated heterocycles. The average molecular weight is 277 g/mol. The third-order valence-corrected chi connectivity index (χ3v) is 3.93. The van der Waals surface area contributed by atoms with Gasteiger partial charge in [-0.3, -0.25) is 0 Å². The Hall–Kier alpha value is 0.660. The Morgan fingerprint density at radius 3 is 1.92 bits per heavy atom. The highest BCUT2D eigenvalue weighted by atomic mass is 35.5. The molecule has 1 aromatic rings. The highest BCUT2D eigenvalue weighted by Crippen LogP contribution is 2.40. The van der Waals surface area contributed by atoms with Gasteiger partial charge in [0.15, 0.2) is 10.3 Å². The summed E-state index contributed by atoms with van der Waals surface area (Å²) in [6.07, 6.45) is 0. The third kappa shape index (κ3) is 2.57. The molecule has 72 valence electrons. The van der Waals surface area contributed by atoms with Crippen LogP contribution in [0.5, 0.6) is 0 Å². The summed E-state index contributed by atoms with van der Waals surface area (Å²) in [4.78, 5) is 4.46. The molecule has 0 aromatic carbocycles. The van der Waals surface area contributed by atoms with Crippen LogP contribution >= 0.6 is 58.2 Å². The monoisotopic (exact) mass is 275 g/mol. The van der Waals surface area contributed by atoms with E-state index in [1.54, 1.807) is 0 Å². The zero-order valence-electron chi connectivity index (χ0n) is 6.57. The lowest BCUT2D eigenvalue weighted by Gasteiger charge is -2.07. The van der Waals surface area contributed by atoms with Gasteiger partial charge in [0, 0.05) is 0 Å². The fraction of sp³-hybridized carbons (Fsp3) is 0.286. The van der Waals surface area contributed by atoms with Crippen molar-refractivity contribution in [1.29, 1.82) is 0 Å². The standard InChI is InChI=1S/C7H5Cl4NS/c1-2-13-5-3(8)6(10)12-7(11)4(5)9/h2H2,1H3. The van der Waals surface area contributed by atoms with Crippen molar-refractivity contribution in [2.45, 2.75) is 11.8 Å². The van der Waals surface area contributed by atoms with Crippen LogP contribution in [-0.4, -0.2) is 10.7 Å². The number of halogens is 4. The number of aromatic nitrogens is 1. The van der Waals surface area contributed by atoms with E-state index in [0.717, 1.165) is 5.75 Å². The SMILES string of the molecule is CCSc1c(Cl)c(Cl)nc(Cl)c1Cl. The molecule has 0 radical (unpaired) electrons. The summed E-state index contributed by atoms with van der Waals surface area (Å²) in [5.41, 5.74) is 0. The van der Waals surface area contributed by atoms with Crippen LogP contribution in [0.2, 0.25) is 20.4 Å². The molecule has 0 unspecified atom stereocenters. The summed E-state index contributed by atoms with van der Waals surface area (Å²) in [6.45, 7) is 1.99. The fourth-order valence-corrected chi connectivity index (χ4v) is 2.64. The maximum absolute atomic E-state index is 5.89. The molecule has 1 aromatic heterocycles. The molecule has 1 heterocycles. The Morgan fingerprint density at radius 1 is 1.08 bits per heavy atom. The molecule has 0 bridgehead atoms. The lowest BCUT2D eigenvalue weighted by atomic mass is 10.5. The summed E-state index contributed by atoms with van der Waals surface area (Å²) < 4.78 is 0. The van der Waals surface area contributed by atoms with Crippen LogP contribution in [-0.2, 0) is 0 Å². The van der Waals surface area contributed by atoms with Crippen molar-refractivity contribution in [1.82, 2.24) is 4.98 Å². The van der Waals surface area contributed by atoms with E-state index in [1.165, 1.54) is 11.8 Å². The van der Waals surface area contributed by atoms with E-state index in [4.69, 9.17) is 46.4 Å². The Bertz CT molecular complexity index is 303. The minimum atomic E-state index is 0.187. The minimum absolute atomic E-state index is 0.187. The molecule has 1 rings (SSSR count). The van der Waals surface area contributed by atoms with E-state index in [9.17, 15) is 0 Å². The number of rotatable bonds is 2. The molecule has 0 aliphatic heterocycles. The van der Waals surface area contributed by atoms with Gasteiger partial charge in [-0.2, -0.15) is 0 Å². The average Bonchev–Trinajstić information content (AvgIpc) is 2.09. The van der Waals surface area contributed by atoms with Crippen LogP contribution in [0.1, 0.15) is 6.92 Å². The Labute approximate surface area is 101 Å². The summed E-state index contributed by atoms with van der Waals surface area (Å²) >= 11 is 24.7. The maximum atomic E-state index is 5.89. The lowest BCUT2D eigenvalue weighted by Crippen LogP contribution is -1.86. The Balaban J connectivity index is 3.28. The zero-order valence-corrected chi connectivity index (χ0v) is 10.4. The van der Waals surface area contributed by atoms with Crippen LogP contribution in [0.15, 0.2) is 4.90 Å². The zero-order chi connectivity index (χ0) is 10.0. The molecule has 0 saturated carbocycles. The van der Waals surface area contributed by atoms with Crippen molar-refractivity contribution >= 4 is 58.2 Å². The summed E-state index contributed by atoms with van der Waals surface area (Å²) in [5, 5.41) is 1.10. The second kappa shape index (κ2) is 4.94. The molecule has 13 heavy (non-hydrogen) atoms. The van der Waals surface area contributed by atoms with Gasteiger partial charge < -0.3 is 0 Å². The predicted octanol–water partition coefficient (Wildman–Crippen LogP) is 4.81. The van der Waals surface area contributed by atoms with Gasteiger partial charge in [-0.15, -0.1) is 11.8 Å². The summed E-state index contributed by atoms with van der Waals surface area (Å²) in [7, 11) is 0. The number of pyridine rings is 1. The van der Waals surface area contributed by atoms with E-state index in [0.29, 0.717) is 14.9 Å². The van der Waals surface area contributed by atoms with E-state index in [1.807, 2.05) is 6.92 Å². The molecular weight excluding hydrogens is 272 g/mol. The van der Waals surface area contributed by atoms with Gasteiger partial charge >= 0.3 is 0 Å². The second-order valence-electron chi connectivity index (χ2n) is 2.08. The quantitative estimate of drug-likeness (QED) is 0.568. The van der Waals surface area contributed by atoms with Crippen LogP contribution in [0.3, 0.4) is 0 Å². The maximum Gasteiger partial charge on any atom is 0.150 e. The molecule has 0 aliphatic rings. The van der Waals surface area contributed by atoms with Crippen LogP contribution in [0.4, 0.5) is 0 Å². The van der Waals surface area contributed by atoms with Gasteiger partial charge in [-0.05, 0) is 5.75 Å². The van der Waals surface area contributed by atoms with Gasteiger partial charge in [0.05, 0.1) is 14.9 Å². The van der Waals surface area contributed by atoms with Crippen LogP contribution in [0.25, 0.3) is 0 Å². The Morgan fingerprint density at radius 2 is 1.54 bits per heavy atom. The van der Waals surface area contributed by atoms with E-state index in [2.05, 4.69) is 4.98 Å². The normalized spacial score (nSPS) is 10.5. The number of hydrogen-bond donors (Lipinski definition) is 0.